The minimum atomic E-state index is -4.76. The van der Waals surface area contributed by atoms with Crippen molar-refractivity contribution in [2.24, 2.45) is 0 Å². The molecule has 0 fully saturated rings. The van der Waals surface area contributed by atoms with Crippen LogP contribution in [0.1, 0.15) is 5.56 Å². The summed E-state index contributed by atoms with van der Waals surface area (Å²) in [6.45, 7) is 0. The SMILES string of the molecule is O=S(=O)(c1ccccc1C(F)(F)F)n1cccc1Cl. The molecule has 1 heterocycles. The van der Waals surface area contributed by atoms with Crippen LogP contribution in [0.4, 0.5) is 13.2 Å². The Bertz CT molecular complexity index is 707. The fourth-order valence-corrected chi connectivity index (χ4v) is 3.42. The van der Waals surface area contributed by atoms with Crippen LogP contribution in [-0.4, -0.2) is 12.4 Å². The molecule has 0 saturated carbocycles. The highest BCUT2D eigenvalue weighted by molar-refractivity contribution is 7.90. The summed E-state index contributed by atoms with van der Waals surface area (Å²) in [4.78, 5) is -0.833. The molecule has 0 bridgehead atoms. The smallest absolute Gasteiger partial charge is 0.231 e. The predicted molar refractivity (Wildman–Crippen MR) is 63.5 cm³/mol. The van der Waals surface area contributed by atoms with Gasteiger partial charge in [0.25, 0.3) is 10.0 Å². The zero-order chi connectivity index (χ0) is 14.3. The van der Waals surface area contributed by atoms with E-state index in [9.17, 15) is 21.6 Å². The average Bonchev–Trinajstić information content (AvgIpc) is 2.75. The number of rotatable bonds is 2. The van der Waals surface area contributed by atoms with Crippen LogP contribution in [0.2, 0.25) is 5.15 Å². The molecule has 8 heteroatoms. The Balaban J connectivity index is 2.70. The quantitative estimate of drug-likeness (QED) is 0.853. The first-order valence-corrected chi connectivity index (χ1v) is 6.81. The van der Waals surface area contributed by atoms with Gasteiger partial charge in [0.2, 0.25) is 0 Å². The zero-order valence-electron chi connectivity index (χ0n) is 9.23. The van der Waals surface area contributed by atoms with E-state index in [-0.39, 0.29) is 5.15 Å². The number of aromatic nitrogens is 1. The number of hydrogen-bond acceptors (Lipinski definition) is 2. The lowest BCUT2D eigenvalue weighted by Gasteiger charge is -2.14. The van der Waals surface area contributed by atoms with Crippen molar-refractivity contribution in [3.63, 3.8) is 0 Å². The highest BCUT2D eigenvalue weighted by atomic mass is 35.5. The van der Waals surface area contributed by atoms with Crippen molar-refractivity contribution in [1.82, 2.24) is 3.97 Å². The number of alkyl halides is 3. The van der Waals surface area contributed by atoms with Gasteiger partial charge in [0.05, 0.1) is 5.56 Å². The molecule has 0 atom stereocenters. The lowest BCUT2D eigenvalue weighted by Crippen LogP contribution is -2.18. The predicted octanol–water partition coefficient (Wildman–Crippen LogP) is 3.40. The minimum absolute atomic E-state index is 0.183. The highest BCUT2D eigenvalue weighted by Gasteiger charge is 2.37. The molecule has 0 amide bonds. The van der Waals surface area contributed by atoms with Crippen LogP contribution in [0.3, 0.4) is 0 Å². The van der Waals surface area contributed by atoms with Gasteiger partial charge in [-0.1, -0.05) is 23.7 Å². The van der Waals surface area contributed by atoms with E-state index >= 15 is 0 Å². The van der Waals surface area contributed by atoms with Gasteiger partial charge in [0, 0.05) is 6.20 Å². The number of halogens is 4. The molecule has 3 nitrogen and oxygen atoms in total. The van der Waals surface area contributed by atoms with Crippen LogP contribution < -0.4 is 0 Å². The van der Waals surface area contributed by atoms with Gasteiger partial charge < -0.3 is 0 Å². The largest absolute Gasteiger partial charge is 0.417 e. The van der Waals surface area contributed by atoms with Crippen molar-refractivity contribution < 1.29 is 21.6 Å². The van der Waals surface area contributed by atoms with Crippen molar-refractivity contribution in [3.05, 3.63) is 53.3 Å². The fourth-order valence-electron chi connectivity index (χ4n) is 1.57. The third-order valence-electron chi connectivity index (χ3n) is 2.40. The van der Waals surface area contributed by atoms with Gasteiger partial charge in [0.1, 0.15) is 10.0 Å². The molecule has 0 aliphatic rings. The number of benzene rings is 1. The van der Waals surface area contributed by atoms with Crippen molar-refractivity contribution in [3.8, 4) is 0 Å². The molecule has 2 aromatic rings. The third kappa shape index (κ3) is 2.48. The van der Waals surface area contributed by atoms with Crippen LogP contribution in [0.5, 0.6) is 0 Å². The Morgan fingerprint density at radius 2 is 1.68 bits per heavy atom. The van der Waals surface area contributed by atoms with Crippen LogP contribution in [0, 0.1) is 0 Å². The van der Waals surface area contributed by atoms with E-state index in [0.29, 0.717) is 10.0 Å². The van der Waals surface area contributed by atoms with Gasteiger partial charge in [-0.3, -0.25) is 0 Å². The first kappa shape index (κ1) is 14.0. The van der Waals surface area contributed by atoms with E-state index in [4.69, 9.17) is 11.6 Å². The topological polar surface area (TPSA) is 39.1 Å². The number of nitrogens with zero attached hydrogens (tertiary/aromatic N) is 1. The molecule has 1 aromatic heterocycles. The standard InChI is InChI=1S/C11H7ClF3NO2S/c12-10-6-3-7-16(10)19(17,18)9-5-2-1-4-8(9)11(13,14)15/h1-7H. The van der Waals surface area contributed by atoms with Gasteiger partial charge in [-0.2, -0.15) is 13.2 Å². The van der Waals surface area contributed by atoms with Gasteiger partial charge in [-0.05, 0) is 24.3 Å². The molecule has 102 valence electrons. The second kappa shape index (κ2) is 4.57. The zero-order valence-corrected chi connectivity index (χ0v) is 10.8. The second-order valence-electron chi connectivity index (χ2n) is 3.63. The molecule has 0 aliphatic heterocycles. The normalized spacial score (nSPS) is 12.6. The van der Waals surface area contributed by atoms with Crippen molar-refractivity contribution >= 4 is 21.6 Å². The van der Waals surface area contributed by atoms with Gasteiger partial charge >= 0.3 is 6.18 Å². The molecule has 0 spiro atoms. The number of hydrogen-bond donors (Lipinski definition) is 0. The van der Waals surface area contributed by atoms with E-state index in [2.05, 4.69) is 0 Å². The van der Waals surface area contributed by atoms with Gasteiger partial charge in [0.15, 0.2) is 0 Å². The summed E-state index contributed by atoms with van der Waals surface area (Å²) < 4.78 is 63.4. The summed E-state index contributed by atoms with van der Waals surface area (Å²) in [5, 5.41) is -0.183. The van der Waals surface area contributed by atoms with E-state index in [1.165, 1.54) is 18.2 Å². The molecular weight excluding hydrogens is 303 g/mol. The highest BCUT2D eigenvalue weighted by Crippen LogP contribution is 2.35. The van der Waals surface area contributed by atoms with E-state index in [1.807, 2.05) is 0 Å². The van der Waals surface area contributed by atoms with E-state index in [1.54, 1.807) is 0 Å². The Labute approximate surface area is 112 Å². The molecule has 1 aromatic carbocycles. The molecule has 0 unspecified atom stereocenters. The molecular formula is C11H7ClF3NO2S. The van der Waals surface area contributed by atoms with Gasteiger partial charge in [-0.15, -0.1) is 0 Å². The molecule has 0 saturated heterocycles. The Hall–Kier alpha value is -1.47. The fraction of sp³-hybridized carbons (Fsp3) is 0.0909. The van der Waals surface area contributed by atoms with Crippen LogP contribution >= 0.6 is 11.6 Å². The summed E-state index contributed by atoms with van der Waals surface area (Å²) in [7, 11) is -4.38. The van der Waals surface area contributed by atoms with E-state index < -0.39 is 26.7 Å². The summed E-state index contributed by atoms with van der Waals surface area (Å²) in [6.07, 6.45) is -3.67. The lowest BCUT2D eigenvalue weighted by molar-refractivity contribution is -0.139. The van der Waals surface area contributed by atoms with E-state index in [0.717, 1.165) is 18.3 Å². The third-order valence-corrected chi connectivity index (χ3v) is 4.55. The molecule has 19 heavy (non-hydrogen) atoms. The molecule has 2 rings (SSSR count). The lowest BCUT2D eigenvalue weighted by atomic mass is 10.2. The van der Waals surface area contributed by atoms with Crippen molar-refractivity contribution in [2.45, 2.75) is 11.1 Å². The average molecular weight is 310 g/mol. The summed E-state index contributed by atoms with van der Waals surface area (Å²) >= 11 is 5.64. The van der Waals surface area contributed by atoms with Crippen molar-refractivity contribution in [2.75, 3.05) is 0 Å². The van der Waals surface area contributed by atoms with Gasteiger partial charge in [-0.25, -0.2) is 12.4 Å². The second-order valence-corrected chi connectivity index (χ2v) is 5.80. The summed E-state index contributed by atoms with van der Waals surface area (Å²) in [5.74, 6) is 0. The van der Waals surface area contributed by atoms with Crippen LogP contribution in [0.15, 0.2) is 47.5 Å². The molecule has 0 N–H and O–H groups in total. The summed E-state index contributed by atoms with van der Waals surface area (Å²) in [6, 6.07) is 6.56. The first-order valence-electron chi connectivity index (χ1n) is 4.99. The molecule has 0 aliphatic carbocycles. The summed E-state index contributed by atoms with van der Waals surface area (Å²) in [5.41, 5.74) is -1.22. The monoisotopic (exact) mass is 309 g/mol. The first-order chi connectivity index (χ1) is 8.74. The Kier molecular flexibility index (Phi) is 3.36. The molecule has 0 radical (unpaired) electrons. The Morgan fingerprint density at radius 3 is 2.21 bits per heavy atom. The van der Waals surface area contributed by atoms with Crippen LogP contribution in [0.25, 0.3) is 0 Å². The maximum Gasteiger partial charge on any atom is 0.417 e. The minimum Gasteiger partial charge on any atom is -0.231 e. The maximum absolute atomic E-state index is 12.8. The van der Waals surface area contributed by atoms with Crippen molar-refractivity contribution in [1.29, 1.82) is 0 Å². The maximum atomic E-state index is 12.8. The Morgan fingerprint density at radius 1 is 1.05 bits per heavy atom. The van der Waals surface area contributed by atoms with Crippen LogP contribution in [-0.2, 0) is 16.2 Å².